The monoisotopic (exact) mass is 451 g/mol. The fourth-order valence-corrected chi connectivity index (χ4v) is 6.77. The van der Waals surface area contributed by atoms with Crippen LogP contribution < -0.4 is 5.56 Å². The highest BCUT2D eigenvalue weighted by molar-refractivity contribution is 7.99. The summed E-state index contributed by atoms with van der Waals surface area (Å²) < 4.78 is 13.1. The second kappa shape index (κ2) is 10.1. The molecule has 0 unspecified atom stereocenters. The molecule has 0 N–H and O–H groups in total. The molecule has 0 bridgehead atoms. The Kier molecular flexibility index (Phi) is 7.52. The first-order valence-corrected chi connectivity index (χ1v) is 12.9. The summed E-state index contributed by atoms with van der Waals surface area (Å²) in [4.78, 5) is 23.2. The Labute approximate surface area is 187 Å². The lowest BCUT2D eigenvalue weighted by atomic mass is 9.97. The molecule has 1 aliphatic heterocycles. The number of morpholine rings is 1. The molecule has 30 heavy (non-hydrogen) atoms. The highest BCUT2D eigenvalue weighted by atomic mass is 32.2. The molecule has 0 radical (unpaired) electrons. The number of thioether (sulfide) groups is 1. The number of fused-ring (bicyclic) bond motifs is 3. The number of aryl methyl sites for hydroxylation is 2. The Balaban J connectivity index is 1.57. The fraction of sp³-hybridized carbons (Fsp3) is 0.727. The summed E-state index contributed by atoms with van der Waals surface area (Å²) in [5.41, 5.74) is 1.35. The Morgan fingerprint density at radius 3 is 2.97 bits per heavy atom. The average molecular weight is 452 g/mol. The van der Waals surface area contributed by atoms with Gasteiger partial charge < -0.3 is 9.47 Å². The van der Waals surface area contributed by atoms with Crippen LogP contribution in [0.1, 0.15) is 37.1 Å². The number of hydrogen-bond donors (Lipinski definition) is 0. The van der Waals surface area contributed by atoms with Crippen molar-refractivity contribution >= 4 is 33.3 Å². The van der Waals surface area contributed by atoms with Crippen molar-refractivity contribution in [3.8, 4) is 0 Å². The van der Waals surface area contributed by atoms with Crippen LogP contribution in [-0.2, 0) is 28.9 Å². The van der Waals surface area contributed by atoms with Crippen LogP contribution >= 0.6 is 23.1 Å². The van der Waals surface area contributed by atoms with Crippen LogP contribution in [0.2, 0.25) is 0 Å². The third-order valence-electron chi connectivity index (χ3n) is 5.80. The Morgan fingerprint density at radius 2 is 2.17 bits per heavy atom. The first-order valence-electron chi connectivity index (χ1n) is 11.1. The molecule has 1 aliphatic carbocycles. The number of hydrogen-bond acceptors (Lipinski definition) is 7. The van der Waals surface area contributed by atoms with Gasteiger partial charge in [0.25, 0.3) is 5.56 Å². The molecule has 1 fully saturated rings. The predicted octanol–water partition coefficient (Wildman–Crippen LogP) is 3.43. The van der Waals surface area contributed by atoms with E-state index in [4.69, 9.17) is 14.5 Å². The van der Waals surface area contributed by atoms with Crippen LogP contribution in [-0.4, -0.2) is 66.3 Å². The maximum Gasteiger partial charge on any atom is 0.263 e. The minimum absolute atomic E-state index is 0.102. The molecular formula is C22H33N3O3S2. The normalized spacial score (nSPS) is 20.2. The van der Waals surface area contributed by atoms with E-state index >= 15 is 0 Å². The van der Waals surface area contributed by atoms with Gasteiger partial charge in [-0.05, 0) is 37.2 Å². The highest BCUT2D eigenvalue weighted by Gasteiger charge is 2.24. The van der Waals surface area contributed by atoms with Crippen molar-refractivity contribution in [3.05, 3.63) is 20.8 Å². The minimum atomic E-state index is 0.102. The van der Waals surface area contributed by atoms with Crippen molar-refractivity contribution in [1.82, 2.24) is 14.5 Å². The van der Waals surface area contributed by atoms with Gasteiger partial charge in [-0.15, -0.1) is 11.3 Å². The summed E-state index contributed by atoms with van der Waals surface area (Å²) in [6.45, 7) is 9.39. The molecule has 0 saturated carbocycles. The van der Waals surface area contributed by atoms with Gasteiger partial charge in [0.1, 0.15) is 4.83 Å². The minimum Gasteiger partial charge on any atom is -0.383 e. The smallest absolute Gasteiger partial charge is 0.263 e. The standard InChI is InChI=1S/C22H33N3O3S2/c1-15(2)12-24-8-11-28-16(13-24)14-29-22-23-20-19(21(26)25(22)9-10-27-3)17-6-4-5-7-18(17)30-20/h15-16H,4-14H2,1-3H3/t16-/m0/s1. The Bertz CT molecular complexity index is 924. The zero-order valence-corrected chi connectivity index (χ0v) is 19.9. The van der Waals surface area contributed by atoms with Crippen molar-refractivity contribution in [2.45, 2.75) is 57.3 Å². The number of rotatable bonds is 8. The molecule has 1 atom stereocenters. The molecular weight excluding hydrogens is 418 g/mol. The molecule has 2 aliphatic rings. The molecule has 166 valence electrons. The summed E-state index contributed by atoms with van der Waals surface area (Å²) in [6, 6.07) is 0. The van der Waals surface area contributed by atoms with Crippen molar-refractivity contribution in [2.24, 2.45) is 5.92 Å². The number of methoxy groups -OCH3 is 1. The zero-order chi connectivity index (χ0) is 21.1. The number of ether oxygens (including phenoxy) is 2. The topological polar surface area (TPSA) is 56.6 Å². The van der Waals surface area contributed by atoms with Crippen LogP contribution in [0.15, 0.2) is 9.95 Å². The molecule has 3 heterocycles. The molecule has 6 nitrogen and oxygen atoms in total. The van der Waals surface area contributed by atoms with E-state index in [1.165, 1.54) is 23.3 Å². The summed E-state index contributed by atoms with van der Waals surface area (Å²) in [5, 5.41) is 1.65. The van der Waals surface area contributed by atoms with Crippen LogP contribution in [0.5, 0.6) is 0 Å². The summed E-state index contributed by atoms with van der Waals surface area (Å²) in [5.74, 6) is 1.47. The van der Waals surface area contributed by atoms with E-state index in [2.05, 4.69) is 18.7 Å². The molecule has 0 spiro atoms. The van der Waals surface area contributed by atoms with Gasteiger partial charge >= 0.3 is 0 Å². The van der Waals surface area contributed by atoms with Crippen molar-refractivity contribution in [1.29, 1.82) is 0 Å². The first-order chi connectivity index (χ1) is 14.6. The van der Waals surface area contributed by atoms with Crippen molar-refractivity contribution in [2.75, 3.05) is 45.7 Å². The molecule has 0 aromatic carbocycles. The summed E-state index contributed by atoms with van der Waals surface area (Å²) >= 11 is 3.37. The lowest BCUT2D eigenvalue weighted by molar-refractivity contribution is -0.0191. The molecule has 0 amide bonds. The lowest BCUT2D eigenvalue weighted by Crippen LogP contribution is -2.44. The van der Waals surface area contributed by atoms with Gasteiger partial charge in [0.2, 0.25) is 0 Å². The predicted molar refractivity (Wildman–Crippen MR) is 124 cm³/mol. The van der Waals surface area contributed by atoms with Crippen molar-refractivity contribution in [3.63, 3.8) is 0 Å². The van der Waals surface area contributed by atoms with Crippen LogP contribution in [0.25, 0.3) is 10.2 Å². The number of nitrogens with zero attached hydrogens (tertiary/aromatic N) is 3. The second-order valence-electron chi connectivity index (χ2n) is 8.69. The maximum atomic E-state index is 13.4. The van der Waals surface area contributed by atoms with Gasteiger partial charge in [0.15, 0.2) is 5.16 Å². The summed E-state index contributed by atoms with van der Waals surface area (Å²) in [7, 11) is 1.68. The quantitative estimate of drug-likeness (QED) is 0.453. The zero-order valence-electron chi connectivity index (χ0n) is 18.3. The molecule has 2 aromatic rings. The van der Waals surface area contributed by atoms with Gasteiger partial charge in [-0.1, -0.05) is 25.6 Å². The van der Waals surface area contributed by atoms with E-state index in [1.807, 2.05) is 4.57 Å². The second-order valence-corrected chi connectivity index (χ2v) is 10.8. The van der Waals surface area contributed by atoms with Gasteiger partial charge in [0.05, 0.1) is 31.2 Å². The van der Waals surface area contributed by atoms with E-state index < -0.39 is 0 Å². The third-order valence-corrected chi connectivity index (χ3v) is 8.10. The SMILES string of the molecule is COCCn1c(SC[C@@H]2CN(CC(C)C)CCO2)nc2sc3c(c2c1=O)CCCC3. The van der Waals surface area contributed by atoms with Crippen LogP contribution in [0.3, 0.4) is 0 Å². The van der Waals surface area contributed by atoms with Crippen LogP contribution in [0.4, 0.5) is 0 Å². The third kappa shape index (κ3) is 4.93. The van der Waals surface area contributed by atoms with Crippen LogP contribution in [0, 0.1) is 5.92 Å². The van der Waals surface area contributed by atoms with E-state index in [9.17, 15) is 4.79 Å². The van der Waals surface area contributed by atoms with E-state index in [0.29, 0.717) is 19.1 Å². The molecule has 1 saturated heterocycles. The largest absolute Gasteiger partial charge is 0.383 e. The Morgan fingerprint density at radius 1 is 1.33 bits per heavy atom. The van der Waals surface area contributed by atoms with E-state index in [0.717, 1.165) is 60.2 Å². The highest BCUT2D eigenvalue weighted by Crippen LogP contribution is 2.34. The van der Waals surface area contributed by atoms with Gasteiger partial charge in [-0.25, -0.2) is 4.98 Å². The Hall–Kier alpha value is -0.930. The van der Waals surface area contributed by atoms with Gasteiger partial charge in [-0.3, -0.25) is 14.3 Å². The number of thiophene rings is 1. The lowest BCUT2D eigenvalue weighted by Gasteiger charge is -2.33. The van der Waals surface area contributed by atoms with E-state index in [-0.39, 0.29) is 11.7 Å². The molecule has 2 aromatic heterocycles. The van der Waals surface area contributed by atoms with Gasteiger partial charge in [0, 0.05) is 37.4 Å². The van der Waals surface area contributed by atoms with E-state index in [1.54, 1.807) is 30.2 Å². The average Bonchev–Trinajstić information content (AvgIpc) is 3.10. The molecule has 4 rings (SSSR count). The number of aromatic nitrogens is 2. The fourth-order valence-electron chi connectivity index (χ4n) is 4.44. The molecule has 8 heteroatoms. The van der Waals surface area contributed by atoms with Gasteiger partial charge in [-0.2, -0.15) is 0 Å². The first kappa shape index (κ1) is 22.3. The summed E-state index contributed by atoms with van der Waals surface area (Å²) in [6.07, 6.45) is 4.63. The van der Waals surface area contributed by atoms with Crippen molar-refractivity contribution < 1.29 is 9.47 Å². The maximum absolute atomic E-state index is 13.4.